The number of rotatable bonds is 4. The highest BCUT2D eigenvalue weighted by Gasteiger charge is 2.27. The zero-order chi connectivity index (χ0) is 23.7. The van der Waals surface area contributed by atoms with Gasteiger partial charge in [-0.15, -0.1) is 0 Å². The van der Waals surface area contributed by atoms with Gasteiger partial charge in [-0.3, -0.25) is 0 Å². The number of hydrogen-bond acceptors (Lipinski definition) is 3. The van der Waals surface area contributed by atoms with E-state index in [1.807, 2.05) is 28.6 Å². The number of benzene rings is 2. The van der Waals surface area contributed by atoms with Crippen LogP contribution in [0.1, 0.15) is 36.9 Å². The van der Waals surface area contributed by atoms with Crippen LogP contribution in [-0.2, 0) is 0 Å². The quantitative estimate of drug-likeness (QED) is 0.436. The lowest BCUT2D eigenvalue weighted by Crippen LogP contribution is -2.44. The second kappa shape index (κ2) is 9.55. The Balaban J connectivity index is 1.45. The van der Waals surface area contributed by atoms with E-state index < -0.39 is 0 Å². The first-order valence-electron chi connectivity index (χ1n) is 11.9. The van der Waals surface area contributed by atoms with Crippen LogP contribution < -0.4 is 10.8 Å². The lowest BCUT2D eigenvalue weighted by Gasteiger charge is -2.32. The molecule has 1 N–H and O–H groups in total. The smallest absolute Gasteiger partial charge is 0.317 e. The van der Waals surface area contributed by atoms with E-state index >= 15 is 0 Å². The van der Waals surface area contributed by atoms with Crippen molar-refractivity contribution in [2.45, 2.75) is 32.6 Å². The highest BCUT2D eigenvalue weighted by Crippen LogP contribution is 2.32. The number of piperidine rings is 1. The highest BCUT2D eigenvalue weighted by molar-refractivity contribution is 7.27. The monoisotopic (exact) mass is 471 g/mol. The second-order valence-electron chi connectivity index (χ2n) is 8.84. The lowest BCUT2D eigenvalue weighted by molar-refractivity contribution is 0.181. The van der Waals surface area contributed by atoms with E-state index in [2.05, 4.69) is 75.1 Å². The Morgan fingerprint density at radius 3 is 2.35 bits per heavy atom. The van der Waals surface area contributed by atoms with Gasteiger partial charge in [-0.25, -0.2) is 14.3 Å². The Kier molecular flexibility index (Phi) is 6.34. The van der Waals surface area contributed by atoms with Crippen molar-refractivity contribution in [2.75, 3.05) is 19.6 Å². The number of fused-ring (bicyclic) bond motifs is 1. The summed E-state index contributed by atoms with van der Waals surface area (Å²) in [6, 6.07) is 19.0. The van der Waals surface area contributed by atoms with Gasteiger partial charge in [-0.05, 0) is 48.9 Å². The number of aromatic nitrogens is 3. The van der Waals surface area contributed by atoms with Crippen molar-refractivity contribution in [1.82, 2.24) is 24.8 Å². The number of nitrogens with one attached hydrogen (secondary N) is 1. The third-order valence-corrected chi connectivity index (χ3v) is 7.44. The van der Waals surface area contributed by atoms with Gasteiger partial charge in [0.1, 0.15) is 0 Å². The first-order chi connectivity index (χ1) is 16.6. The third kappa shape index (κ3) is 4.19. The minimum atomic E-state index is 0.0323. The molecule has 0 aliphatic carbocycles. The molecule has 1 fully saturated rings. The summed E-state index contributed by atoms with van der Waals surface area (Å²) >= 11 is 0. The van der Waals surface area contributed by atoms with Gasteiger partial charge >= 0.3 is 6.03 Å². The maximum Gasteiger partial charge on any atom is 0.317 e. The van der Waals surface area contributed by atoms with E-state index in [1.54, 1.807) is 0 Å². The molecule has 0 spiro atoms. The minimum absolute atomic E-state index is 0.0323. The van der Waals surface area contributed by atoms with Crippen molar-refractivity contribution < 1.29 is 4.79 Å². The SMILES string of the molecule is CCNC(=O)N1CCC(c2nc3c(-c4ccc(-c5ccccc5)cc4)cnn3c(P)c2C)CC1. The van der Waals surface area contributed by atoms with Gasteiger partial charge in [-0.1, -0.05) is 63.8 Å². The molecule has 0 saturated carbocycles. The molecule has 7 heteroatoms. The third-order valence-electron chi connectivity index (χ3n) is 6.77. The van der Waals surface area contributed by atoms with Gasteiger partial charge < -0.3 is 10.2 Å². The average molecular weight is 472 g/mol. The molecule has 0 bridgehead atoms. The predicted molar refractivity (Wildman–Crippen MR) is 141 cm³/mol. The van der Waals surface area contributed by atoms with Gasteiger partial charge in [0.15, 0.2) is 5.65 Å². The predicted octanol–water partition coefficient (Wildman–Crippen LogP) is 4.78. The number of likely N-dealkylation sites (tertiary alicyclic amines) is 1. The maximum absolute atomic E-state index is 12.2. The molecule has 6 nitrogen and oxygen atoms in total. The van der Waals surface area contributed by atoms with Crippen LogP contribution in [0.4, 0.5) is 4.79 Å². The Morgan fingerprint density at radius 1 is 1.03 bits per heavy atom. The van der Waals surface area contributed by atoms with Crippen LogP contribution in [0.3, 0.4) is 0 Å². The average Bonchev–Trinajstić information content (AvgIpc) is 3.31. The zero-order valence-electron chi connectivity index (χ0n) is 19.7. The molecule has 1 aliphatic rings. The summed E-state index contributed by atoms with van der Waals surface area (Å²) in [6.07, 6.45) is 3.75. The molecule has 174 valence electrons. The van der Waals surface area contributed by atoms with E-state index in [0.717, 1.165) is 59.4 Å². The summed E-state index contributed by atoms with van der Waals surface area (Å²) < 4.78 is 1.92. The summed E-state index contributed by atoms with van der Waals surface area (Å²) in [5.41, 5.74) is 8.73. The van der Waals surface area contributed by atoms with E-state index in [9.17, 15) is 4.79 Å². The topological polar surface area (TPSA) is 62.5 Å². The Hall–Kier alpha value is -3.24. The van der Waals surface area contributed by atoms with Crippen molar-refractivity contribution in [3.63, 3.8) is 0 Å². The number of hydrogen-bond donors (Lipinski definition) is 1. The molecule has 34 heavy (non-hydrogen) atoms. The summed E-state index contributed by atoms with van der Waals surface area (Å²) in [7, 11) is 2.85. The van der Waals surface area contributed by atoms with Crippen molar-refractivity contribution in [3.05, 3.63) is 72.1 Å². The van der Waals surface area contributed by atoms with E-state index in [4.69, 9.17) is 4.98 Å². The van der Waals surface area contributed by atoms with E-state index in [1.165, 1.54) is 11.1 Å². The minimum Gasteiger partial charge on any atom is -0.338 e. The molecule has 1 atom stereocenters. The summed E-state index contributed by atoms with van der Waals surface area (Å²) in [6.45, 7) is 6.23. The van der Waals surface area contributed by atoms with Gasteiger partial charge in [0, 0.05) is 31.1 Å². The molecular weight excluding hydrogens is 441 g/mol. The molecule has 1 unspecified atom stereocenters. The molecule has 0 radical (unpaired) electrons. The van der Waals surface area contributed by atoms with Gasteiger partial charge in [-0.2, -0.15) is 5.10 Å². The van der Waals surface area contributed by atoms with Crippen LogP contribution >= 0.6 is 9.24 Å². The van der Waals surface area contributed by atoms with Gasteiger partial charge in [0.2, 0.25) is 0 Å². The van der Waals surface area contributed by atoms with Crippen molar-refractivity contribution in [3.8, 4) is 22.3 Å². The second-order valence-corrected chi connectivity index (χ2v) is 9.39. The number of carbonyl (C=O) groups excluding carboxylic acids is 1. The molecule has 3 heterocycles. The summed E-state index contributed by atoms with van der Waals surface area (Å²) in [4.78, 5) is 19.3. The normalized spacial score (nSPS) is 14.5. The Labute approximate surface area is 202 Å². The molecular formula is C27H30N5OP. The fraction of sp³-hybridized carbons (Fsp3) is 0.296. The molecule has 1 aliphatic heterocycles. The largest absolute Gasteiger partial charge is 0.338 e. The summed E-state index contributed by atoms with van der Waals surface area (Å²) in [5, 5.41) is 7.56. The molecule has 2 amide bonds. The summed E-state index contributed by atoms with van der Waals surface area (Å²) in [5.74, 6) is 0.332. The Morgan fingerprint density at radius 2 is 1.68 bits per heavy atom. The lowest BCUT2D eigenvalue weighted by atomic mass is 9.91. The number of urea groups is 1. The zero-order valence-corrected chi connectivity index (χ0v) is 20.8. The van der Waals surface area contributed by atoms with Gasteiger partial charge in [0.05, 0.1) is 17.3 Å². The Bertz CT molecular complexity index is 1310. The number of carbonyl (C=O) groups is 1. The van der Waals surface area contributed by atoms with Crippen LogP contribution in [0.25, 0.3) is 27.9 Å². The molecule has 1 saturated heterocycles. The van der Waals surface area contributed by atoms with Crippen LogP contribution in [0.2, 0.25) is 0 Å². The fourth-order valence-corrected chi connectivity index (χ4v) is 5.14. The number of nitrogens with zero attached hydrogens (tertiary/aromatic N) is 4. The van der Waals surface area contributed by atoms with Crippen LogP contribution in [0, 0.1) is 6.92 Å². The van der Waals surface area contributed by atoms with Gasteiger partial charge in [0.25, 0.3) is 0 Å². The van der Waals surface area contributed by atoms with Crippen LogP contribution in [-0.4, -0.2) is 45.2 Å². The number of amides is 2. The van der Waals surface area contributed by atoms with Crippen molar-refractivity contribution in [2.24, 2.45) is 0 Å². The fourth-order valence-electron chi connectivity index (χ4n) is 4.81. The molecule has 2 aromatic carbocycles. The first-order valence-corrected chi connectivity index (χ1v) is 12.5. The van der Waals surface area contributed by atoms with Crippen LogP contribution in [0.5, 0.6) is 0 Å². The van der Waals surface area contributed by atoms with Crippen molar-refractivity contribution in [1.29, 1.82) is 0 Å². The molecule has 5 rings (SSSR count). The van der Waals surface area contributed by atoms with Crippen LogP contribution in [0.15, 0.2) is 60.8 Å². The maximum atomic E-state index is 12.2. The molecule has 2 aromatic heterocycles. The molecule has 4 aromatic rings. The van der Waals surface area contributed by atoms with E-state index in [-0.39, 0.29) is 6.03 Å². The highest BCUT2D eigenvalue weighted by atomic mass is 31.0. The van der Waals surface area contributed by atoms with E-state index in [0.29, 0.717) is 12.5 Å². The van der Waals surface area contributed by atoms with Crippen molar-refractivity contribution >= 4 is 26.4 Å². The first kappa shape index (κ1) is 22.5. The standard InChI is InChI=1S/C27H30N5OP/c1-3-28-27(33)31-15-13-22(14-16-31)24-18(2)26(34)32-25(30-24)23(17-29-32)21-11-9-20(10-12-21)19-7-5-4-6-8-19/h4-12,17,22H,3,13-16,34H2,1-2H3,(H,28,33).